The fourth-order valence-corrected chi connectivity index (χ4v) is 1.24. The molecule has 0 unspecified atom stereocenters. The molecule has 3 N–H and O–H groups in total. The van der Waals surface area contributed by atoms with Crippen LogP contribution in [0.5, 0.6) is 0 Å². The molecule has 0 aliphatic heterocycles. The third-order valence-corrected chi connectivity index (χ3v) is 1.95. The highest BCUT2D eigenvalue weighted by atomic mass is 15.4. The normalized spacial score (nSPS) is 11.1. The summed E-state index contributed by atoms with van der Waals surface area (Å²) in [7, 11) is 0. The van der Waals surface area contributed by atoms with Gasteiger partial charge >= 0.3 is 0 Å². The van der Waals surface area contributed by atoms with E-state index in [-0.39, 0.29) is 5.92 Å². The van der Waals surface area contributed by atoms with Crippen molar-refractivity contribution in [3.8, 4) is 0 Å². The summed E-state index contributed by atoms with van der Waals surface area (Å²) >= 11 is 0. The van der Waals surface area contributed by atoms with E-state index in [0.717, 1.165) is 11.5 Å². The molecule has 0 aliphatic carbocycles. The lowest BCUT2D eigenvalue weighted by Crippen LogP contribution is -2.11. The summed E-state index contributed by atoms with van der Waals surface area (Å²) in [4.78, 5) is 0. The molecule has 0 saturated carbocycles. The molecule has 6 nitrogen and oxygen atoms in total. The molecule has 0 spiro atoms. The summed E-state index contributed by atoms with van der Waals surface area (Å²) in [5, 5.41) is 12.3. The second-order valence-electron chi connectivity index (χ2n) is 3.35. The summed E-state index contributed by atoms with van der Waals surface area (Å²) in [5.74, 6) is 6.98. The zero-order valence-corrected chi connectivity index (χ0v) is 8.10. The number of hydrogen-bond donors (Lipinski definition) is 2. The number of anilines is 1. The first-order valence-electron chi connectivity index (χ1n) is 4.41. The van der Waals surface area contributed by atoms with E-state index in [2.05, 4.69) is 20.7 Å². The maximum Gasteiger partial charge on any atom is 0.178 e. The largest absolute Gasteiger partial charge is 0.307 e. The SMILES string of the molecule is CC(C)c1nnc2ccc(NN)nn12. The molecule has 0 saturated heterocycles. The first kappa shape index (κ1) is 8.89. The molecule has 0 bridgehead atoms. The number of hydrogen-bond acceptors (Lipinski definition) is 5. The fourth-order valence-electron chi connectivity index (χ4n) is 1.24. The highest BCUT2D eigenvalue weighted by Crippen LogP contribution is 2.13. The minimum absolute atomic E-state index is 0.283. The first-order valence-corrected chi connectivity index (χ1v) is 4.41. The topological polar surface area (TPSA) is 81.1 Å². The van der Waals surface area contributed by atoms with Crippen molar-refractivity contribution in [1.29, 1.82) is 0 Å². The highest BCUT2D eigenvalue weighted by molar-refractivity contribution is 5.43. The van der Waals surface area contributed by atoms with Gasteiger partial charge in [0, 0.05) is 5.92 Å². The molecule has 2 heterocycles. The van der Waals surface area contributed by atoms with E-state index in [1.165, 1.54) is 0 Å². The average Bonchev–Trinajstić information content (AvgIpc) is 2.59. The molecule has 0 aromatic carbocycles. The molecule has 0 fully saturated rings. The Balaban J connectivity index is 2.63. The van der Waals surface area contributed by atoms with Gasteiger partial charge in [0.15, 0.2) is 17.3 Å². The van der Waals surface area contributed by atoms with Gasteiger partial charge in [-0.2, -0.15) is 4.52 Å². The number of nitrogens with one attached hydrogen (secondary N) is 1. The zero-order valence-electron chi connectivity index (χ0n) is 8.10. The Labute approximate surface area is 81.1 Å². The molecule has 2 rings (SSSR count). The van der Waals surface area contributed by atoms with Gasteiger partial charge in [0.25, 0.3) is 0 Å². The van der Waals surface area contributed by atoms with Gasteiger partial charge in [-0.1, -0.05) is 13.8 Å². The van der Waals surface area contributed by atoms with Gasteiger partial charge in [-0.25, -0.2) is 5.84 Å². The lowest BCUT2D eigenvalue weighted by Gasteiger charge is -2.03. The molecule has 0 radical (unpaired) electrons. The maximum atomic E-state index is 5.27. The van der Waals surface area contributed by atoms with Crippen LogP contribution in [-0.4, -0.2) is 19.8 Å². The lowest BCUT2D eigenvalue weighted by molar-refractivity contribution is 0.722. The monoisotopic (exact) mass is 192 g/mol. The van der Waals surface area contributed by atoms with E-state index in [1.807, 2.05) is 19.9 Å². The van der Waals surface area contributed by atoms with Crippen molar-refractivity contribution >= 4 is 11.5 Å². The number of nitrogen functional groups attached to an aromatic ring is 1. The Morgan fingerprint density at radius 3 is 2.79 bits per heavy atom. The molecule has 74 valence electrons. The first-order chi connectivity index (χ1) is 6.72. The second kappa shape index (κ2) is 3.22. The Bertz CT molecular complexity index is 446. The van der Waals surface area contributed by atoms with Gasteiger partial charge in [-0.05, 0) is 12.1 Å². The molecule has 6 heteroatoms. The van der Waals surface area contributed by atoms with Crippen molar-refractivity contribution in [2.75, 3.05) is 5.43 Å². The lowest BCUT2D eigenvalue weighted by atomic mass is 10.2. The Morgan fingerprint density at radius 1 is 1.36 bits per heavy atom. The van der Waals surface area contributed by atoms with Crippen LogP contribution in [0.15, 0.2) is 12.1 Å². The minimum atomic E-state index is 0.283. The maximum absolute atomic E-state index is 5.27. The van der Waals surface area contributed by atoms with Gasteiger partial charge in [-0.15, -0.1) is 15.3 Å². The molecule has 2 aromatic heterocycles. The predicted octanol–water partition coefficient (Wildman–Crippen LogP) is 0.533. The Hall–Kier alpha value is -1.69. The molecular weight excluding hydrogens is 180 g/mol. The van der Waals surface area contributed by atoms with Crippen molar-refractivity contribution in [3.63, 3.8) is 0 Å². The number of nitrogens with zero attached hydrogens (tertiary/aromatic N) is 4. The smallest absolute Gasteiger partial charge is 0.178 e. The van der Waals surface area contributed by atoms with Crippen LogP contribution >= 0.6 is 0 Å². The Kier molecular flexibility index (Phi) is 2.05. The van der Waals surface area contributed by atoms with Crippen molar-refractivity contribution in [3.05, 3.63) is 18.0 Å². The van der Waals surface area contributed by atoms with Crippen LogP contribution in [0.1, 0.15) is 25.6 Å². The van der Waals surface area contributed by atoms with Gasteiger partial charge in [-0.3, -0.25) is 0 Å². The molecule has 14 heavy (non-hydrogen) atoms. The summed E-state index contributed by atoms with van der Waals surface area (Å²) < 4.78 is 1.69. The summed E-state index contributed by atoms with van der Waals surface area (Å²) in [6.45, 7) is 4.08. The minimum Gasteiger partial charge on any atom is -0.307 e. The third-order valence-electron chi connectivity index (χ3n) is 1.95. The van der Waals surface area contributed by atoms with Crippen LogP contribution in [0.25, 0.3) is 5.65 Å². The van der Waals surface area contributed by atoms with Crippen molar-refractivity contribution in [2.45, 2.75) is 19.8 Å². The van der Waals surface area contributed by atoms with E-state index in [9.17, 15) is 0 Å². The average molecular weight is 192 g/mol. The van der Waals surface area contributed by atoms with Crippen LogP contribution < -0.4 is 11.3 Å². The van der Waals surface area contributed by atoms with E-state index >= 15 is 0 Å². The number of nitrogens with two attached hydrogens (primary N) is 1. The van der Waals surface area contributed by atoms with E-state index in [1.54, 1.807) is 10.6 Å². The van der Waals surface area contributed by atoms with E-state index in [0.29, 0.717) is 5.82 Å². The van der Waals surface area contributed by atoms with E-state index in [4.69, 9.17) is 5.84 Å². The van der Waals surface area contributed by atoms with Crippen molar-refractivity contribution in [2.24, 2.45) is 5.84 Å². The van der Waals surface area contributed by atoms with Crippen molar-refractivity contribution in [1.82, 2.24) is 19.8 Å². The fraction of sp³-hybridized carbons (Fsp3) is 0.375. The van der Waals surface area contributed by atoms with Crippen molar-refractivity contribution < 1.29 is 0 Å². The highest BCUT2D eigenvalue weighted by Gasteiger charge is 2.10. The number of hydrazine groups is 1. The van der Waals surface area contributed by atoms with Crippen LogP contribution in [-0.2, 0) is 0 Å². The molecule has 0 amide bonds. The van der Waals surface area contributed by atoms with Crippen LogP contribution in [0.2, 0.25) is 0 Å². The number of rotatable bonds is 2. The summed E-state index contributed by atoms with van der Waals surface area (Å²) in [6.07, 6.45) is 0. The van der Waals surface area contributed by atoms with Crippen LogP contribution in [0, 0.1) is 0 Å². The standard InChI is InChI=1S/C8H12N6/c1-5(2)8-12-11-7-4-3-6(10-9)13-14(7)8/h3-5H,9H2,1-2H3,(H,10,13). The van der Waals surface area contributed by atoms with Crippen LogP contribution in [0.3, 0.4) is 0 Å². The molecule has 0 atom stereocenters. The number of fused-ring (bicyclic) bond motifs is 1. The summed E-state index contributed by atoms with van der Waals surface area (Å²) in [6, 6.07) is 3.58. The van der Waals surface area contributed by atoms with Gasteiger partial charge < -0.3 is 5.43 Å². The van der Waals surface area contributed by atoms with E-state index < -0.39 is 0 Å². The molecular formula is C8H12N6. The van der Waals surface area contributed by atoms with Gasteiger partial charge in [0.1, 0.15) is 0 Å². The molecule has 0 aliphatic rings. The predicted molar refractivity (Wildman–Crippen MR) is 52.7 cm³/mol. The number of aromatic nitrogens is 4. The van der Waals surface area contributed by atoms with Gasteiger partial charge in [0.05, 0.1) is 0 Å². The summed E-state index contributed by atoms with van der Waals surface area (Å²) in [5.41, 5.74) is 3.22. The zero-order chi connectivity index (χ0) is 10.1. The second-order valence-corrected chi connectivity index (χ2v) is 3.35. The third kappa shape index (κ3) is 1.29. The van der Waals surface area contributed by atoms with Gasteiger partial charge in [0.2, 0.25) is 0 Å². The Morgan fingerprint density at radius 2 is 2.14 bits per heavy atom. The quantitative estimate of drug-likeness (QED) is 0.536. The van der Waals surface area contributed by atoms with Crippen LogP contribution in [0.4, 0.5) is 5.82 Å². The molecule has 2 aromatic rings.